The number of fused-ring (bicyclic) bond motifs is 2. The van der Waals surface area contributed by atoms with Crippen molar-refractivity contribution >= 4 is 29.7 Å². The number of rotatable bonds is 7. The molecule has 2 N–H and O–H groups in total. The molecule has 1 spiro atoms. The van der Waals surface area contributed by atoms with Crippen molar-refractivity contribution in [1.29, 1.82) is 0 Å². The number of carbonyl (C=O) groups is 5. The maximum atomic E-state index is 14.1. The number of esters is 1. The summed E-state index contributed by atoms with van der Waals surface area (Å²) in [6.07, 6.45) is 5.37. The van der Waals surface area contributed by atoms with Gasteiger partial charge in [0.25, 0.3) is 0 Å². The second kappa shape index (κ2) is 10.7. The number of ether oxygens (including phenoxy) is 1. The summed E-state index contributed by atoms with van der Waals surface area (Å²) in [4.78, 5) is 70.1. The fraction of sp³-hybridized carbons (Fsp3) is 0.828. The first kappa shape index (κ1) is 29.3. The fourth-order valence-corrected chi connectivity index (χ4v) is 6.66. The normalized spacial score (nSPS) is 25.7. The quantitative estimate of drug-likeness (QED) is 0.374. The van der Waals surface area contributed by atoms with E-state index in [1.165, 1.54) is 4.90 Å². The predicted octanol–water partition coefficient (Wildman–Crippen LogP) is 2.99. The van der Waals surface area contributed by atoms with E-state index >= 15 is 0 Å². The maximum absolute atomic E-state index is 14.1. The largest absolute Gasteiger partial charge is 0.458 e. The summed E-state index contributed by atoms with van der Waals surface area (Å²) in [6.45, 7) is 13.1. The van der Waals surface area contributed by atoms with Crippen molar-refractivity contribution < 1.29 is 28.7 Å². The molecule has 0 aromatic rings. The minimum atomic E-state index is -0.875. The molecule has 218 valence electrons. The molecule has 4 rings (SSSR count). The highest BCUT2D eigenvalue weighted by atomic mass is 16.6. The van der Waals surface area contributed by atoms with E-state index in [4.69, 9.17) is 4.74 Å². The highest BCUT2D eigenvalue weighted by Gasteiger charge is 2.66. The summed E-state index contributed by atoms with van der Waals surface area (Å²) in [5.41, 5.74) is -1.42. The molecule has 10 nitrogen and oxygen atoms in total. The van der Waals surface area contributed by atoms with Crippen molar-refractivity contribution in [1.82, 2.24) is 20.4 Å². The van der Waals surface area contributed by atoms with Gasteiger partial charge >= 0.3 is 12.0 Å². The number of carbonyl (C=O) groups excluding carboxylic acids is 5. The van der Waals surface area contributed by atoms with Crippen LogP contribution in [0.5, 0.6) is 0 Å². The van der Waals surface area contributed by atoms with Crippen LogP contribution in [-0.4, -0.2) is 75.8 Å². The van der Waals surface area contributed by atoms with Gasteiger partial charge in [0.15, 0.2) is 0 Å². The molecule has 0 aromatic heterocycles. The molecule has 2 saturated carbocycles. The molecule has 2 aliphatic carbocycles. The number of amides is 5. The number of nitrogens with one attached hydrogen (secondary N) is 2. The van der Waals surface area contributed by atoms with Crippen molar-refractivity contribution in [3.8, 4) is 0 Å². The van der Waals surface area contributed by atoms with Crippen LogP contribution in [-0.2, 0) is 23.9 Å². The van der Waals surface area contributed by atoms with Gasteiger partial charge in [-0.1, -0.05) is 40.5 Å². The van der Waals surface area contributed by atoms with Crippen LogP contribution in [0, 0.1) is 23.2 Å². The van der Waals surface area contributed by atoms with E-state index in [2.05, 4.69) is 10.6 Å². The van der Waals surface area contributed by atoms with Gasteiger partial charge in [0.1, 0.15) is 17.7 Å². The molecule has 0 aromatic carbocycles. The van der Waals surface area contributed by atoms with Crippen LogP contribution in [0.25, 0.3) is 0 Å². The number of imide groups is 1. The van der Waals surface area contributed by atoms with E-state index in [9.17, 15) is 24.0 Å². The average molecular weight is 547 g/mol. The Labute approximate surface area is 231 Å². The Hall–Kier alpha value is -2.65. The van der Waals surface area contributed by atoms with Crippen LogP contribution in [0.15, 0.2) is 0 Å². The van der Waals surface area contributed by atoms with Gasteiger partial charge in [-0.2, -0.15) is 0 Å². The number of likely N-dealkylation sites (tertiary alicyclic amines) is 2. The van der Waals surface area contributed by atoms with Crippen molar-refractivity contribution in [2.24, 2.45) is 23.2 Å². The monoisotopic (exact) mass is 546 g/mol. The lowest BCUT2D eigenvalue weighted by Gasteiger charge is -2.37. The Morgan fingerprint density at radius 2 is 1.49 bits per heavy atom. The number of hydrogen-bond acceptors (Lipinski definition) is 6. The Morgan fingerprint density at radius 1 is 0.923 bits per heavy atom. The molecule has 2 saturated heterocycles. The molecule has 5 amide bonds. The zero-order chi connectivity index (χ0) is 28.9. The Balaban J connectivity index is 1.52. The molecule has 10 heteroatoms. The van der Waals surface area contributed by atoms with E-state index < -0.39 is 35.1 Å². The topological polar surface area (TPSA) is 125 Å². The van der Waals surface area contributed by atoms with E-state index in [0.717, 1.165) is 25.7 Å². The molecule has 4 aliphatic rings. The number of urea groups is 1. The molecule has 0 radical (unpaired) electrons. The molecule has 0 unspecified atom stereocenters. The first-order valence-electron chi connectivity index (χ1n) is 14.7. The lowest BCUT2D eigenvalue weighted by Crippen LogP contribution is -2.59. The summed E-state index contributed by atoms with van der Waals surface area (Å²) in [5, 5.41) is 5.52. The van der Waals surface area contributed by atoms with Gasteiger partial charge in [-0.3, -0.25) is 19.3 Å². The molecule has 39 heavy (non-hydrogen) atoms. The Morgan fingerprint density at radius 3 is 2.00 bits per heavy atom. The second-order valence-electron chi connectivity index (χ2n) is 13.6. The van der Waals surface area contributed by atoms with Crippen molar-refractivity contribution in [2.45, 2.75) is 123 Å². The number of hydrogen-bond donors (Lipinski definition) is 2. The van der Waals surface area contributed by atoms with Crippen molar-refractivity contribution in [2.75, 3.05) is 6.54 Å². The van der Waals surface area contributed by atoms with Crippen LogP contribution >= 0.6 is 0 Å². The summed E-state index contributed by atoms with van der Waals surface area (Å²) in [5.74, 6) is -1.48. The van der Waals surface area contributed by atoms with E-state index in [0.29, 0.717) is 25.8 Å². The molecule has 4 fully saturated rings. The minimum Gasteiger partial charge on any atom is -0.458 e. The molecule has 2 aliphatic heterocycles. The van der Waals surface area contributed by atoms with Gasteiger partial charge in [-0.15, -0.1) is 0 Å². The van der Waals surface area contributed by atoms with Gasteiger partial charge in [-0.05, 0) is 64.7 Å². The van der Waals surface area contributed by atoms with Gasteiger partial charge in [0, 0.05) is 12.5 Å². The van der Waals surface area contributed by atoms with Crippen LogP contribution < -0.4 is 10.6 Å². The lowest BCUT2D eigenvalue weighted by atomic mass is 9.78. The molecule has 2 heterocycles. The van der Waals surface area contributed by atoms with Crippen molar-refractivity contribution in [3.05, 3.63) is 0 Å². The third-order valence-electron chi connectivity index (χ3n) is 8.68. The van der Waals surface area contributed by atoms with Gasteiger partial charge in [-0.25, -0.2) is 9.59 Å². The van der Waals surface area contributed by atoms with E-state index in [-0.39, 0.29) is 47.6 Å². The lowest BCUT2D eigenvalue weighted by molar-refractivity contribution is -0.158. The summed E-state index contributed by atoms with van der Waals surface area (Å²) in [7, 11) is 0. The first-order valence-corrected chi connectivity index (χ1v) is 14.7. The van der Waals surface area contributed by atoms with Crippen LogP contribution in [0.1, 0.15) is 93.4 Å². The summed E-state index contributed by atoms with van der Waals surface area (Å²) in [6, 6.07) is -3.01. The van der Waals surface area contributed by atoms with Gasteiger partial charge < -0.3 is 20.3 Å². The Kier molecular flexibility index (Phi) is 8.07. The predicted molar refractivity (Wildman–Crippen MR) is 144 cm³/mol. The minimum absolute atomic E-state index is 0.0662. The average Bonchev–Trinajstić information content (AvgIpc) is 3.32. The third-order valence-corrected chi connectivity index (χ3v) is 8.68. The van der Waals surface area contributed by atoms with E-state index in [1.807, 2.05) is 27.7 Å². The standard InChI is InChI=1S/C29H46N4O6/c1-16(2)20(30-27(38)31-21(17(3)4)25(36)39-28(5,6)7)24(35)32-15-12-19-22(32)29(13-8-9-14-29)26(37)33(19)23(34)18-10-11-18/h16-22H,8-15H2,1-7H3,(H2,30,31,38)/t19-,20-,21-,22-/m0/s1. The Bertz CT molecular complexity index is 1010. The zero-order valence-corrected chi connectivity index (χ0v) is 24.5. The van der Waals surface area contributed by atoms with Crippen LogP contribution in [0.3, 0.4) is 0 Å². The highest BCUT2D eigenvalue weighted by molar-refractivity contribution is 6.03. The molecule has 0 bridgehead atoms. The summed E-state index contributed by atoms with van der Waals surface area (Å²) >= 11 is 0. The zero-order valence-electron chi connectivity index (χ0n) is 24.5. The smallest absolute Gasteiger partial charge is 0.329 e. The maximum Gasteiger partial charge on any atom is 0.329 e. The van der Waals surface area contributed by atoms with Gasteiger partial charge in [0.05, 0.1) is 17.5 Å². The fourth-order valence-electron chi connectivity index (χ4n) is 6.66. The first-order chi connectivity index (χ1) is 18.2. The third kappa shape index (κ3) is 5.66. The van der Waals surface area contributed by atoms with Crippen molar-refractivity contribution in [3.63, 3.8) is 0 Å². The van der Waals surface area contributed by atoms with Gasteiger partial charge in [0.2, 0.25) is 17.7 Å². The highest BCUT2D eigenvalue weighted by Crippen LogP contribution is 2.54. The SMILES string of the molecule is CC(C)[C@H](NC(=O)N[C@H](C(=O)N1CC[C@H]2[C@H]1C1(CCCC1)C(=O)N2C(=O)C1CC1)C(C)C)C(=O)OC(C)(C)C. The van der Waals surface area contributed by atoms with Crippen LogP contribution in [0.4, 0.5) is 4.79 Å². The van der Waals surface area contributed by atoms with Crippen LogP contribution in [0.2, 0.25) is 0 Å². The molecule has 4 atom stereocenters. The summed E-state index contributed by atoms with van der Waals surface area (Å²) < 4.78 is 5.48. The number of nitrogens with zero attached hydrogens (tertiary/aromatic N) is 2. The van der Waals surface area contributed by atoms with E-state index in [1.54, 1.807) is 25.7 Å². The molecular formula is C29H46N4O6. The molecular weight excluding hydrogens is 500 g/mol. The second-order valence-corrected chi connectivity index (χ2v) is 13.6.